The standard InChI is InChI=1S/C14H28NO/c1-4-6-8-10-12-14(16)15(3)13-11-9-7-5-2/h2,4-13H2,1,3H3. The van der Waals surface area contributed by atoms with Crippen LogP contribution in [0.3, 0.4) is 0 Å². The van der Waals surface area contributed by atoms with E-state index in [0.717, 1.165) is 32.2 Å². The summed E-state index contributed by atoms with van der Waals surface area (Å²) in [6.45, 7) is 6.92. The van der Waals surface area contributed by atoms with Gasteiger partial charge in [-0.15, -0.1) is 0 Å². The lowest BCUT2D eigenvalue weighted by Gasteiger charge is -2.16. The summed E-state index contributed by atoms with van der Waals surface area (Å²) in [5.74, 6) is 0.311. The third kappa shape index (κ3) is 8.75. The summed E-state index contributed by atoms with van der Waals surface area (Å²) in [7, 11) is 1.92. The van der Waals surface area contributed by atoms with Gasteiger partial charge in [-0.05, 0) is 12.8 Å². The van der Waals surface area contributed by atoms with Crippen LogP contribution in [0.2, 0.25) is 0 Å². The Bertz CT molecular complexity index is 168. The number of carbonyl (C=O) groups is 1. The van der Waals surface area contributed by atoms with E-state index in [1.807, 2.05) is 11.9 Å². The quantitative estimate of drug-likeness (QED) is 0.519. The van der Waals surface area contributed by atoms with Crippen LogP contribution in [0.5, 0.6) is 0 Å². The third-order valence-corrected chi connectivity index (χ3v) is 2.91. The fraction of sp³-hybridized carbons (Fsp3) is 0.857. The molecule has 16 heavy (non-hydrogen) atoms. The third-order valence-electron chi connectivity index (χ3n) is 2.91. The lowest BCUT2D eigenvalue weighted by atomic mass is 10.1. The van der Waals surface area contributed by atoms with Crippen molar-refractivity contribution in [3.8, 4) is 0 Å². The maximum absolute atomic E-state index is 11.7. The number of unbranched alkanes of at least 4 members (excludes halogenated alkanes) is 6. The van der Waals surface area contributed by atoms with Gasteiger partial charge in [0.05, 0.1) is 0 Å². The molecule has 0 unspecified atom stereocenters. The van der Waals surface area contributed by atoms with Crippen molar-refractivity contribution in [2.75, 3.05) is 13.6 Å². The molecule has 2 nitrogen and oxygen atoms in total. The van der Waals surface area contributed by atoms with Gasteiger partial charge in [-0.25, -0.2) is 0 Å². The van der Waals surface area contributed by atoms with Crippen molar-refractivity contribution >= 4 is 5.91 Å². The van der Waals surface area contributed by atoms with Gasteiger partial charge in [0.2, 0.25) is 5.91 Å². The van der Waals surface area contributed by atoms with Crippen LogP contribution in [0.15, 0.2) is 0 Å². The zero-order valence-electron chi connectivity index (χ0n) is 11.1. The van der Waals surface area contributed by atoms with Crippen LogP contribution in [0.4, 0.5) is 0 Å². The van der Waals surface area contributed by atoms with Crippen LogP contribution < -0.4 is 0 Å². The number of hydrogen-bond acceptors (Lipinski definition) is 1. The Morgan fingerprint density at radius 2 is 1.75 bits per heavy atom. The molecule has 0 aliphatic rings. The van der Waals surface area contributed by atoms with Crippen molar-refractivity contribution in [1.82, 2.24) is 4.90 Å². The highest BCUT2D eigenvalue weighted by Crippen LogP contribution is 2.06. The Morgan fingerprint density at radius 1 is 1.06 bits per heavy atom. The number of carbonyl (C=O) groups excluding carboxylic acids is 1. The van der Waals surface area contributed by atoms with Crippen LogP contribution in [0.1, 0.15) is 64.7 Å². The molecule has 0 aromatic rings. The van der Waals surface area contributed by atoms with Gasteiger partial charge in [0.1, 0.15) is 0 Å². The number of nitrogens with zero attached hydrogens (tertiary/aromatic N) is 1. The van der Waals surface area contributed by atoms with E-state index in [0.29, 0.717) is 5.91 Å². The van der Waals surface area contributed by atoms with Crippen molar-refractivity contribution in [1.29, 1.82) is 0 Å². The van der Waals surface area contributed by atoms with E-state index in [4.69, 9.17) is 0 Å². The second-order valence-electron chi connectivity index (χ2n) is 4.54. The Kier molecular flexibility index (Phi) is 10.6. The summed E-state index contributed by atoms with van der Waals surface area (Å²) in [4.78, 5) is 13.6. The molecule has 0 heterocycles. The van der Waals surface area contributed by atoms with Crippen molar-refractivity contribution < 1.29 is 4.79 Å². The van der Waals surface area contributed by atoms with Crippen LogP contribution in [-0.2, 0) is 4.79 Å². The van der Waals surface area contributed by atoms with Gasteiger partial charge < -0.3 is 4.90 Å². The van der Waals surface area contributed by atoms with E-state index in [1.54, 1.807) is 0 Å². The lowest BCUT2D eigenvalue weighted by molar-refractivity contribution is -0.130. The minimum atomic E-state index is 0.311. The Morgan fingerprint density at radius 3 is 2.38 bits per heavy atom. The first kappa shape index (κ1) is 15.5. The average molecular weight is 226 g/mol. The Balaban J connectivity index is 3.42. The van der Waals surface area contributed by atoms with Gasteiger partial charge in [-0.2, -0.15) is 0 Å². The van der Waals surface area contributed by atoms with Crippen molar-refractivity contribution in [3.05, 3.63) is 6.92 Å². The molecule has 0 bridgehead atoms. The van der Waals surface area contributed by atoms with Crippen LogP contribution in [0.25, 0.3) is 0 Å². The van der Waals surface area contributed by atoms with Crippen molar-refractivity contribution in [2.45, 2.75) is 64.7 Å². The minimum absolute atomic E-state index is 0.311. The highest BCUT2D eigenvalue weighted by atomic mass is 16.2. The molecular weight excluding hydrogens is 198 g/mol. The van der Waals surface area contributed by atoms with Crippen LogP contribution in [0, 0.1) is 6.92 Å². The predicted molar refractivity (Wildman–Crippen MR) is 70.2 cm³/mol. The molecule has 0 saturated carbocycles. The van der Waals surface area contributed by atoms with Crippen LogP contribution >= 0.6 is 0 Å². The highest BCUT2D eigenvalue weighted by molar-refractivity contribution is 5.75. The molecule has 0 atom stereocenters. The summed E-state index contributed by atoms with van der Waals surface area (Å²) in [5.41, 5.74) is 0. The van der Waals surface area contributed by atoms with E-state index in [1.165, 1.54) is 32.1 Å². The molecule has 0 saturated heterocycles. The molecule has 0 rings (SSSR count). The first-order chi connectivity index (χ1) is 7.72. The van der Waals surface area contributed by atoms with E-state index in [-0.39, 0.29) is 0 Å². The molecule has 1 amide bonds. The smallest absolute Gasteiger partial charge is 0.222 e. The Labute approximate surface area is 101 Å². The van der Waals surface area contributed by atoms with Gasteiger partial charge in [0.15, 0.2) is 0 Å². The lowest BCUT2D eigenvalue weighted by Crippen LogP contribution is -2.27. The van der Waals surface area contributed by atoms with Crippen molar-refractivity contribution in [3.63, 3.8) is 0 Å². The maximum Gasteiger partial charge on any atom is 0.222 e. The monoisotopic (exact) mass is 226 g/mol. The summed E-state index contributed by atoms with van der Waals surface area (Å²) in [6.07, 6.45) is 9.95. The molecule has 0 N–H and O–H groups in total. The molecule has 0 aromatic carbocycles. The minimum Gasteiger partial charge on any atom is -0.346 e. The normalized spacial score (nSPS) is 10.4. The van der Waals surface area contributed by atoms with Crippen LogP contribution in [-0.4, -0.2) is 24.4 Å². The molecule has 0 fully saturated rings. The molecule has 0 spiro atoms. The molecule has 1 radical (unpaired) electrons. The zero-order chi connectivity index (χ0) is 12.2. The SMILES string of the molecule is [CH2]CCCCCN(C)C(=O)CCCCCC. The van der Waals surface area contributed by atoms with Crippen molar-refractivity contribution in [2.24, 2.45) is 0 Å². The molecule has 95 valence electrons. The fourth-order valence-corrected chi connectivity index (χ4v) is 1.72. The molecule has 0 aliphatic heterocycles. The van der Waals surface area contributed by atoms with Gasteiger partial charge >= 0.3 is 0 Å². The maximum atomic E-state index is 11.7. The fourth-order valence-electron chi connectivity index (χ4n) is 1.72. The number of rotatable bonds is 10. The predicted octanol–water partition coefficient (Wildman–Crippen LogP) is 3.81. The topological polar surface area (TPSA) is 20.3 Å². The average Bonchev–Trinajstić information content (AvgIpc) is 2.29. The first-order valence-electron chi connectivity index (χ1n) is 6.75. The molecule has 2 heteroatoms. The largest absolute Gasteiger partial charge is 0.346 e. The zero-order valence-corrected chi connectivity index (χ0v) is 11.1. The van der Waals surface area contributed by atoms with Gasteiger partial charge in [0, 0.05) is 20.0 Å². The summed E-state index contributed by atoms with van der Waals surface area (Å²) in [5, 5.41) is 0. The van der Waals surface area contributed by atoms with Gasteiger partial charge in [0.25, 0.3) is 0 Å². The number of hydrogen-bond donors (Lipinski definition) is 0. The first-order valence-corrected chi connectivity index (χ1v) is 6.75. The van der Waals surface area contributed by atoms with E-state index < -0.39 is 0 Å². The summed E-state index contributed by atoms with van der Waals surface area (Å²) in [6, 6.07) is 0. The Hall–Kier alpha value is -0.530. The van der Waals surface area contributed by atoms with Gasteiger partial charge in [-0.1, -0.05) is 52.4 Å². The number of amides is 1. The summed E-state index contributed by atoms with van der Waals surface area (Å²) >= 11 is 0. The molecule has 0 aromatic heterocycles. The second-order valence-corrected chi connectivity index (χ2v) is 4.54. The van der Waals surface area contributed by atoms with E-state index in [2.05, 4.69) is 13.8 Å². The highest BCUT2D eigenvalue weighted by Gasteiger charge is 2.07. The van der Waals surface area contributed by atoms with E-state index >= 15 is 0 Å². The molecular formula is C14H28NO. The molecule has 0 aliphatic carbocycles. The van der Waals surface area contributed by atoms with E-state index in [9.17, 15) is 4.79 Å². The second kappa shape index (κ2) is 11.0. The summed E-state index contributed by atoms with van der Waals surface area (Å²) < 4.78 is 0. The van der Waals surface area contributed by atoms with Gasteiger partial charge in [-0.3, -0.25) is 4.79 Å².